The summed E-state index contributed by atoms with van der Waals surface area (Å²) in [5.41, 5.74) is 2.43. The third-order valence-corrected chi connectivity index (χ3v) is 4.71. The normalized spacial score (nSPS) is 15.3. The van der Waals surface area contributed by atoms with Crippen molar-refractivity contribution in [3.05, 3.63) is 60.3 Å². The Balaban J connectivity index is 1.46. The van der Waals surface area contributed by atoms with Gasteiger partial charge in [-0.1, -0.05) is 40.6 Å². The molecule has 3 aromatic rings. The van der Waals surface area contributed by atoms with E-state index in [4.69, 9.17) is 0 Å². The van der Waals surface area contributed by atoms with Crippen LogP contribution in [0.4, 0.5) is 5.69 Å². The van der Waals surface area contributed by atoms with E-state index in [-0.39, 0.29) is 5.88 Å². The second-order valence-corrected chi connectivity index (χ2v) is 6.36. The maximum absolute atomic E-state index is 10.1. The molecule has 1 fully saturated rings. The highest BCUT2D eigenvalue weighted by Gasteiger charge is 2.22. The lowest BCUT2D eigenvalue weighted by Gasteiger charge is -2.36. The average molecular weight is 351 g/mol. The zero-order valence-electron chi connectivity index (χ0n) is 14.4. The molecule has 1 aromatic heterocycles. The van der Waals surface area contributed by atoms with Crippen molar-refractivity contribution >= 4 is 5.69 Å². The fraction of sp³-hybridized carbons (Fsp3) is 0.263. The minimum absolute atomic E-state index is 0.0306. The van der Waals surface area contributed by atoms with Crippen LogP contribution in [0, 0.1) is 0 Å². The molecule has 1 saturated heterocycles. The molecule has 2 N–H and O–H groups in total. The molecule has 1 aliphatic rings. The highest BCUT2D eigenvalue weighted by molar-refractivity contribution is 5.57. The Morgan fingerprint density at radius 2 is 1.54 bits per heavy atom. The van der Waals surface area contributed by atoms with Gasteiger partial charge in [-0.3, -0.25) is 4.90 Å². The van der Waals surface area contributed by atoms with Gasteiger partial charge in [-0.2, -0.15) is 0 Å². The Morgan fingerprint density at radius 1 is 0.846 bits per heavy atom. The summed E-state index contributed by atoms with van der Waals surface area (Å²) in [7, 11) is 0. The van der Waals surface area contributed by atoms with Crippen LogP contribution in [0.3, 0.4) is 0 Å². The van der Waals surface area contributed by atoms with Gasteiger partial charge in [-0.15, -0.1) is 0 Å². The van der Waals surface area contributed by atoms with Gasteiger partial charge in [-0.25, -0.2) is 4.68 Å². The van der Waals surface area contributed by atoms with Crippen molar-refractivity contribution in [2.45, 2.75) is 6.54 Å². The first-order valence-corrected chi connectivity index (χ1v) is 8.66. The summed E-state index contributed by atoms with van der Waals surface area (Å²) in [5.74, 6) is 0.280. The van der Waals surface area contributed by atoms with Gasteiger partial charge < -0.3 is 15.1 Å². The Morgan fingerprint density at radius 3 is 2.27 bits per heavy atom. The lowest BCUT2D eigenvalue weighted by atomic mass is 10.2. The van der Waals surface area contributed by atoms with Gasteiger partial charge in [0.05, 0.1) is 11.4 Å². The number of aromatic hydroxyl groups is 2. The highest BCUT2D eigenvalue weighted by atomic mass is 16.3. The van der Waals surface area contributed by atoms with E-state index in [0.29, 0.717) is 18.0 Å². The molecule has 0 atom stereocenters. The van der Waals surface area contributed by atoms with Crippen molar-refractivity contribution in [1.29, 1.82) is 0 Å². The number of anilines is 1. The number of benzene rings is 2. The molecule has 2 aromatic carbocycles. The van der Waals surface area contributed by atoms with Crippen molar-refractivity contribution in [2.75, 3.05) is 31.1 Å². The van der Waals surface area contributed by atoms with Crippen LogP contribution in [-0.2, 0) is 6.54 Å². The summed E-state index contributed by atoms with van der Waals surface area (Å²) in [5, 5.41) is 28.1. The molecule has 134 valence electrons. The van der Waals surface area contributed by atoms with Crippen LogP contribution < -0.4 is 4.90 Å². The number of nitrogens with zero attached hydrogens (tertiary/aromatic N) is 5. The van der Waals surface area contributed by atoms with Crippen LogP contribution >= 0.6 is 0 Å². The van der Waals surface area contributed by atoms with Gasteiger partial charge in [0.25, 0.3) is 5.88 Å². The molecule has 7 nitrogen and oxygen atoms in total. The van der Waals surface area contributed by atoms with Gasteiger partial charge >= 0.3 is 0 Å². The maximum atomic E-state index is 10.1. The van der Waals surface area contributed by atoms with Crippen LogP contribution in [0.2, 0.25) is 0 Å². The van der Waals surface area contributed by atoms with Crippen molar-refractivity contribution in [3.63, 3.8) is 0 Å². The topological polar surface area (TPSA) is 77.7 Å². The van der Waals surface area contributed by atoms with Crippen LogP contribution in [0.25, 0.3) is 5.69 Å². The number of piperazine rings is 1. The van der Waals surface area contributed by atoms with Crippen LogP contribution in [-0.4, -0.2) is 56.3 Å². The van der Waals surface area contributed by atoms with E-state index in [1.54, 1.807) is 10.7 Å². The summed E-state index contributed by atoms with van der Waals surface area (Å²) in [6.07, 6.45) is 0. The molecule has 0 radical (unpaired) electrons. The number of hydrogen-bond acceptors (Lipinski definition) is 6. The zero-order chi connectivity index (χ0) is 17.9. The van der Waals surface area contributed by atoms with E-state index < -0.39 is 0 Å². The molecule has 0 spiro atoms. The molecule has 1 aliphatic heterocycles. The second kappa shape index (κ2) is 7.05. The minimum atomic E-state index is -0.0306. The van der Waals surface area contributed by atoms with Crippen LogP contribution in [0.1, 0.15) is 5.69 Å². The van der Waals surface area contributed by atoms with E-state index in [9.17, 15) is 10.2 Å². The predicted molar refractivity (Wildman–Crippen MR) is 98.6 cm³/mol. The van der Waals surface area contributed by atoms with Gasteiger partial charge in [0.1, 0.15) is 11.4 Å². The van der Waals surface area contributed by atoms with Crippen molar-refractivity contribution < 1.29 is 10.2 Å². The number of hydrogen-bond donors (Lipinski definition) is 2. The molecule has 0 saturated carbocycles. The lowest BCUT2D eigenvalue weighted by Crippen LogP contribution is -2.46. The molecule has 0 aliphatic carbocycles. The minimum Gasteiger partial charge on any atom is -0.506 e. The molecule has 4 rings (SSSR count). The van der Waals surface area contributed by atoms with Crippen molar-refractivity contribution in [3.8, 4) is 17.3 Å². The monoisotopic (exact) mass is 351 g/mol. The summed E-state index contributed by atoms with van der Waals surface area (Å²) in [4.78, 5) is 4.44. The number of phenolic OH excluding ortho intramolecular Hbond substituents is 1. The number of phenols is 1. The molecule has 0 unspecified atom stereocenters. The number of aromatic nitrogens is 3. The molecule has 26 heavy (non-hydrogen) atoms. The van der Waals surface area contributed by atoms with Gasteiger partial charge in [0.2, 0.25) is 0 Å². The zero-order valence-corrected chi connectivity index (χ0v) is 14.4. The predicted octanol–water partition coefficient (Wildman–Crippen LogP) is 2.00. The molecule has 7 heteroatoms. The Bertz CT molecular complexity index is 873. The highest BCUT2D eigenvalue weighted by Crippen LogP contribution is 2.28. The van der Waals surface area contributed by atoms with Gasteiger partial charge in [-0.05, 0) is 24.3 Å². The SMILES string of the molecule is Oc1ccccc1N1CCN(Cc2c(O)nnn2-c2ccccc2)CC1. The summed E-state index contributed by atoms with van der Waals surface area (Å²) >= 11 is 0. The number of rotatable bonds is 4. The third kappa shape index (κ3) is 3.21. The standard InChI is InChI=1S/C19H21N5O2/c25-18-9-5-4-8-16(18)23-12-10-22(11-13-23)14-17-19(26)20-21-24(17)15-6-2-1-3-7-15/h1-9,25-26H,10-14H2. The fourth-order valence-electron chi connectivity index (χ4n) is 3.30. The third-order valence-electron chi connectivity index (χ3n) is 4.71. The van der Waals surface area contributed by atoms with Crippen LogP contribution in [0.5, 0.6) is 11.6 Å². The summed E-state index contributed by atoms with van der Waals surface area (Å²) in [6.45, 7) is 3.85. The second-order valence-electron chi connectivity index (χ2n) is 6.36. The van der Waals surface area contributed by atoms with Crippen LogP contribution in [0.15, 0.2) is 54.6 Å². The van der Waals surface area contributed by atoms with E-state index in [0.717, 1.165) is 37.6 Å². The summed E-state index contributed by atoms with van der Waals surface area (Å²) < 4.78 is 1.69. The van der Waals surface area contributed by atoms with Crippen molar-refractivity contribution in [1.82, 2.24) is 19.9 Å². The first-order valence-electron chi connectivity index (χ1n) is 8.66. The van der Waals surface area contributed by atoms with E-state index in [2.05, 4.69) is 20.1 Å². The summed E-state index contributed by atoms with van der Waals surface area (Å²) in [6, 6.07) is 17.1. The molecular formula is C19H21N5O2. The van der Waals surface area contributed by atoms with Gasteiger partial charge in [0.15, 0.2) is 0 Å². The quantitative estimate of drug-likeness (QED) is 0.749. The average Bonchev–Trinajstić information content (AvgIpc) is 3.04. The van der Waals surface area contributed by atoms with Crippen molar-refractivity contribution in [2.24, 2.45) is 0 Å². The first-order chi connectivity index (χ1) is 12.7. The lowest BCUT2D eigenvalue weighted by molar-refractivity contribution is 0.241. The Hall–Kier alpha value is -3.06. The Kier molecular flexibility index (Phi) is 4.45. The van der Waals surface area contributed by atoms with E-state index >= 15 is 0 Å². The molecule has 0 bridgehead atoms. The molecule has 2 heterocycles. The fourth-order valence-corrected chi connectivity index (χ4v) is 3.30. The molecule has 0 amide bonds. The smallest absolute Gasteiger partial charge is 0.256 e. The Labute approximate surface area is 151 Å². The largest absolute Gasteiger partial charge is 0.506 e. The number of para-hydroxylation sites is 3. The van der Waals surface area contributed by atoms with E-state index in [1.807, 2.05) is 48.5 Å². The maximum Gasteiger partial charge on any atom is 0.256 e. The molecular weight excluding hydrogens is 330 g/mol. The van der Waals surface area contributed by atoms with Gasteiger partial charge in [0, 0.05) is 32.7 Å². The van der Waals surface area contributed by atoms with E-state index in [1.165, 1.54) is 0 Å². The first kappa shape index (κ1) is 16.4.